The van der Waals surface area contributed by atoms with Gasteiger partial charge in [0.05, 0.1) is 14.2 Å². The van der Waals surface area contributed by atoms with E-state index in [1.807, 2.05) is 30.3 Å². The van der Waals surface area contributed by atoms with Crippen LogP contribution in [-0.2, 0) is 16.6 Å². The molecule has 176 valence electrons. The highest BCUT2D eigenvalue weighted by molar-refractivity contribution is 14.0. The minimum atomic E-state index is 0. The summed E-state index contributed by atoms with van der Waals surface area (Å²) in [5.74, 6) is 2.41. The summed E-state index contributed by atoms with van der Waals surface area (Å²) in [6.45, 7) is 3.03. The van der Waals surface area contributed by atoms with Crippen molar-refractivity contribution in [3.05, 3.63) is 58.6 Å². The predicted molar refractivity (Wildman–Crippen MR) is 141 cm³/mol. The van der Waals surface area contributed by atoms with E-state index < -0.39 is 0 Å². The number of nitrogens with zero attached hydrogens (tertiary/aromatic N) is 1. The molecule has 8 heteroatoms. The Morgan fingerprint density at radius 1 is 1.03 bits per heavy atom. The molecular weight excluding hydrogens is 541 g/mol. The second kappa shape index (κ2) is 13.1. The largest absolute Gasteiger partial charge is 0.497 e. The SMILES string of the molecule is CN=C(NCCc1ccc(OC)cc1Cl)NCC1(c2ccc(OC)cc2)CCOCC1.I. The van der Waals surface area contributed by atoms with E-state index in [-0.39, 0.29) is 29.4 Å². The molecule has 32 heavy (non-hydrogen) atoms. The third kappa shape index (κ3) is 6.89. The Hall–Kier alpha value is -1.71. The van der Waals surface area contributed by atoms with Crippen LogP contribution in [0, 0.1) is 0 Å². The predicted octanol–water partition coefficient (Wildman–Crippen LogP) is 4.43. The van der Waals surface area contributed by atoms with Crippen LogP contribution in [0.2, 0.25) is 5.02 Å². The molecule has 0 amide bonds. The van der Waals surface area contributed by atoms with Crippen LogP contribution < -0.4 is 20.1 Å². The van der Waals surface area contributed by atoms with Crippen molar-refractivity contribution in [3.8, 4) is 11.5 Å². The van der Waals surface area contributed by atoms with Gasteiger partial charge >= 0.3 is 0 Å². The Bertz CT molecular complexity index is 871. The zero-order valence-corrected chi connectivity index (χ0v) is 22.0. The molecule has 2 aromatic rings. The Labute approximate surface area is 213 Å². The van der Waals surface area contributed by atoms with Crippen LogP contribution >= 0.6 is 35.6 Å². The van der Waals surface area contributed by atoms with E-state index in [1.165, 1.54) is 5.56 Å². The maximum absolute atomic E-state index is 6.35. The quantitative estimate of drug-likeness (QED) is 0.278. The number of halogens is 2. The van der Waals surface area contributed by atoms with Crippen molar-refractivity contribution in [1.82, 2.24) is 10.6 Å². The Balaban J connectivity index is 0.00000363. The molecule has 1 heterocycles. The van der Waals surface area contributed by atoms with Gasteiger partial charge in [0.15, 0.2) is 5.96 Å². The molecule has 0 aromatic heterocycles. The molecule has 0 bridgehead atoms. The summed E-state index contributed by atoms with van der Waals surface area (Å²) in [7, 11) is 5.12. The van der Waals surface area contributed by atoms with Gasteiger partial charge in [-0.05, 0) is 54.7 Å². The van der Waals surface area contributed by atoms with E-state index in [0.29, 0.717) is 5.02 Å². The lowest BCUT2D eigenvalue weighted by atomic mass is 9.74. The summed E-state index contributed by atoms with van der Waals surface area (Å²) in [5.41, 5.74) is 2.37. The maximum Gasteiger partial charge on any atom is 0.191 e. The molecule has 6 nitrogen and oxygen atoms in total. The normalized spacial score (nSPS) is 15.4. The first-order valence-corrected chi connectivity index (χ1v) is 11.0. The molecule has 0 aliphatic carbocycles. The molecule has 1 aliphatic rings. The van der Waals surface area contributed by atoms with Gasteiger partial charge in [-0.2, -0.15) is 0 Å². The highest BCUT2D eigenvalue weighted by Gasteiger charge is 2.34. The number of methoxy groups -OCH3 is 2. The van der Waals surface area contributed by atoms with Crippen LogP contribution in [-0.4, -0.2) is 53.5 Å². The third-order valence-electron chi connectivity index (χ3n) is 5.92. The lowest BCUT2D eigenvalue weighted by Crippen LogP contribution is -2.48. The molecule has 2 aromatic carbocycles. The Kier molecular flexibility index (Phi) is 10.9. The number of rotatable bonds is 8. The summed E-state index contributed by atoms with van der Waals surface area (Å²) < 4.78 is 16.2. The first-order valence-electron chi connectivity index (χ1n) is 10.6. The number of nitrogens with one attached hydrogen (secondary N) is 2. The zero-order chi connectivity index (χ0) is 22.1. The molecule has 1 fully saturated rings. The number of aliphatic imine (C=N–C) groups is 1. The first kappa shape index (κ1) is 26.5. The minimum Gasteiger partial charge on any atom is -0.497 e. The van der Waals surface area contributed by atoms with E-state index in [4.69, 9.17) is 25.8 Å². The van der Waals surface area contributed by atoms with Gasteiger partial charge < -0.3 is 24.8 Å². The van der Waals surface area contributed by atoms with Crippen LogP contribution in [0.1, 0.15) is 24.0 Å². The minimum absolute atomic E-state index is 0. The van der Waals surface area contributed by atoms with Crippen molar-refractivity contribution in [2.45, 2.75) is 24.7 Å². The van der Waals surface area contributed by atoms with Crippen LogP contribution in [0.3, 0.4) is 0 Å². The number of benzene rings is 2. The molecule has 0 unspecified atom stereocenters. The second-order valence-corrected chi connectivity index (χ2v) is 8.09. The van der Waals surface area contributed by atoms with E-state index >= 15 is 0 Å². The smallest absolute Gasteiger partial charge is 0.191 e. The van der Waals surface area contributed by atoms with E-state index in [1.54, 1.807) is 21.3 Å². The van der Waals surface area contributed by atoms with Gasteiger partial charge in [-0.25, -0.2) is 0 Å². The summed E-state index contributed by atoms with van der Waals surface area (Å²) in [6.07, 6.45) is 2.72. The van der Waals surface area contributed by atoms with Gasteiger partial charge in [0, 0.05) is 43.8 Å². The lowest BCUT2D eigenvalue weighted by molar-refractivity contribution is 0.0513. The summed E-state index contributed by atoms with van der Waals surface area (Å²) >= 11 is 6.35. The van der Waals surface area contributed by atoms with Crippen molar-refractivity contribution in [2.75, 3.05) is 47.6 Å². The molecular formula is C24H33ClIN3O3. The van der Waals surface area contributed by atoms with Crippen molar-refractivity contribution in [3.63, 3.8) is 0 Å². The van der Waals surface area contributed by atoms with E-state index in [0.717, 1.165) is 68.6 Å². The molecule has 1 aliphatic heterocycles. The maximum atomic E-state index is 6.35. The van der Waals surface area contributed by atoms with Crippen molar-refractivity contribution < 1.29 is 14.2 Å². The number of hydrogen-bond donors (Lipinski definition) is 2. The van der Waals surface area contributed by atoms with Gasteiger partial charge in [-0.15, -0.1) is 24.0 Å². The summed E-state index contributed by atoms with van der Waals surface area (Å²) in [5, 5.41) is 7.64. The van der Waals surface area contributed by atoms with Gasteiger partial charge in [-0.3, -0.25) is 4.99 Å². The molecule has 0 saturated carbocycles. The molecule has 0 radical (unpaired) electrons. The van der Waals surface area contributed by atoms with Crippen molar-refractivity contribution >= 4 is 41.5 Å². The number of guanidine groups is 1. The molecule has 0 spiro atoms. The summed E-state index contributed by atoms with van der Waals surface area (Å²) in [4.78, 5) is 4.40. The van der Waals surface area contributed by atoms with Crippen LogP contribution in [0.15, 0.2) is 47.5 Å². The monoisotopic (exact) mass is 573 g/mol. The lowest BCUT2D eigenvalue weighted by Gasteiger charge is -2.38. The van der Waals surface area contributed by atoms with Gasteiger partial charge in [-0.1, -0.05) is 29.8 Å². The van der Waals surface area contributed by atoms with Crippen LogP contribution in [0.5, 0.6) is 11.5 Å². The average Bonchev–Trinajstić information content (AvgIpc) is 2.82. The van der Waals surface area contributed by atoms with Crippen molar-refractivity contribution in [1.29, 1.82) is 0 Å². The topological polar surface area (TPSA) is 64.1 Å². The summed E-state index contributed by atoms with van der Waals surface area (Å²) in [6, 6.07) is 14.1. The third-order valence-corrected chi connectivity index (χ3v) is 6.27. The van der Waals surface area contributed by atoms with Gasteiger partial charge in [0.1, 0.15) is 11.5 Å². The highest BCUT2D eigenvalue weighted by Crippen LogP contribution is 2.35. The molecule has 0 atom stereocenters. The Morgan fingerprint density at radius 3 is 2.28 bits per heavy atom. The van der Waals surface area contributed by atoms with Crippen molar-refractivity contribution in [2.24, 2.45) is 4.99 Å². The first-order chi connectivity index (χ1) is 15.1. The van der Waals surface area contributed by atoms with Gasteiger partial charge in [0.2, 0.25) is 0 Å². The van der Waals surface area contributed by atoms with Crippen LogP contribution in [0.4, 0.5) is 0 Å². The Morgan fingerprint density at radius 2 is 1.69 bits per heavy atom. The zero-order valence-electron chi connectivity index (χ0n) is 18.9. The van der Waals surface area contributed by atoms with E-state index in [2.05, 4.69) is 27.8 Å². The van der Waals surface area contributed by atoms with E-state index in [9.17, 15) is 0 Å². The fraction of sp³-hybridized carbons (Fsp3) is 0.458. The number of ether oxygens (including phenoxy) is 3. The number of hydrogen-bond acceptors (Lipinski definition) is 4. The average molecular weight is 574 g/mol. The second-order valence-electron chi connectivity index (χ2n) is 7.68. The molecule has 2 N–H and O–H groups in total. The highest BCUT2D eigenvalue weighted by atomic mass is 127. The molecule has 1 saturated heterocycles. The fourth-order valence-corrected chi connectivity index (χ4v) is 4.19. The van der Waals surface area contributed by atoms with Crippen LogP contribution in [0.25, 0.3) is 0 Å². The van der Waals surface area contributed by atoms with Gasteiger partial charge in [0.25, 0.3) is 0 Å². The molecule has 3 rings (SSSR count). The fourth-order valence-electron chi connectivity index (χ4n) is 3.92. The standard InChI is InChI=1S/C24H32ClN3O3.HI/c1-26-23(27-13-10-18-4-7-21(30-3)16-22(18)25)28-17-24(11-14-31-15-12-24)19-5-8-20(29-2)9-6-19;/h4-9,16H,10-15,17H2,1-3H3,(H2,26,27,28);1H.